The molecule has 0 heterocycles. The molecule has 0 saturated carbocycles. The van der Waals surface area contributed by atoms with Gasteiger partial charge >= 0.3 is 0 Å². The maximum absolute atomic E-state index is 12.1. The number of rotatable bonds is 8. The van der Waals surface area contributed by atoms with Crippen molar-refractivity contribution in [2.45, 2.75) is 39.7 Å². The van der Waals surface area contributed by atoms with Gasteiger partial charge in [0.1, 0.15) is 5.75 Å². The summed E-state index contributed by atoms with van der Waals surface area (Å²) in [5, 5.41) is 5.65. The van der Waals surface area contributed by atoms with Crippen LogP contribution >= 0.6 is 15.9 Å². The van der Waals surface area contributed by atoms with Crippen LogP contribution in [-0.4, -0.2) is 24.5 Å². The number of halogens is 1. The molecule has 5 nitrogen and oxygen atoms in total. The molecule has 0 aliphatic rings. The average Bonchev–Trinajstić information content (AvgIpc) is 2.58. The summed E-state index contributed by atoms with van der Waals surface area (Å²) in [4.78, 5) is 24.2. The lowest BCUT2D eigenvalue weighted by Gasteiger charge is -2.11. The molecule has 0 radical (unpaired) electrons. The van der Waals surface area contributed by atoms with Gasteiger partial charge in [0.25, 0.3) is 0 Å². The molecule has 0 spiro atoms. The Hall–Kier alpha value is -2.34. The van der Waals surface area contributed by atoms with E-state index in [2.05, 4.69) is 26.6 Å². The van der Waals surface area contributed by atoms with Gasteiger partial charge in [-0.05, 0) is 56.2 Å². The van der Waals surface area contributed by atoms with Gasteiger partial charge in [0.2, 0.25) is 11.8 Å². The zero-order valence-electron chi connectivity index (χ0n) is 15.8. The normalized spacial score (nSPS) is 10.6. The monoisotopic (exact) mass is 432 g/mol. The molecule has 2 N–H and O–H groups in total. The van der Waals surface area contributed by atoms with Crippen molar-refractivity contribution in [3.8, 4) is 5.75 Å². The summed E-state index contributed by atoms with van der Waals surface area (Å²) in [5.74, 6) is 0.492. The van der Waals surface area contributed by atoms with Crippen molar-refractivity contribution in [2.24, 2.45) is 0 Å². The smallest absolute Gasteiger partial charge is 0.226 e. The summed E-state index contributed by atoms with van der Waals surface area (Å²) < 4.78 is 6.54. The van der Waals surface area contributed by atoms with Gasteiger partial charge < -0.3 is 15.4 Å². The standard InChI is InChI=1S/C21H25BrN2O3/c1-14(2)27-18-6-4-5-16(11-18)12-21(26)23-10-9-20(25)24-19-13-17(22)8-7-15(19)3/h4-8,11,13-14H,9-10,12H2,1-3H3,(H,23,26)(H,24,25). The highest BCUT2D eigenvalue weighted by Crippen LogP contribution is 2.20. The largest absolute Gasteiger partial charge is 0.491 e. The molecule has 0 atom stereocenters. The Bertz CT molecular complexity index is 806. The van der Waals surface area contributed by atoms with Crippen LogP contribution in [0.2, 0.25) is 0 Å². The summed E-state index contributed by atoms with van der Waals surface area (Å²) in [6, 6.07) is 13.2. The topological polar surface area (TPSA) is 67.4 Å². The molecule has 2 aromatic carbocycles. The molecule has 6 heteroatoms. The molecule has 2 amide bonds. The van der Waals surface area contributed by atoms with Gasteiger partial charge in [0.15, 0.2) is 0 Å². The minimum atomic E-state index is -0.135. The summed E-state index contributed by atoms with van der Waals surface area (Å²) in [6.45, 7) is 6.14. The van der Waals surface area contributed by atoms with E-state index in [9.17, 15) is 9.59 Å². The Labute approximate surface area is 168 Å². The van der Waals surface area contributed by atoms with Crippen LogP contribution in [0.5, 0.6) is 5.75 Å². The number of amides is 2. The SMILES string of the molecule is Cc1ccc(Br)cc1NC(=O)CCNC(=O)Cc1cccc(OC(C)C)c1. The van der Waals surface area contributed by atoms with Crippen LogP contribution in [0, 0.1) is 6.92 Å². The fourth-order valence-corrected chi connectivity index (χ4v) is 2.87. The molecular formula is C21H25BrN2O3. The number of anilines is 1. The number of nitrogens with one attached hydrogen (secondary N) is 2. The van der Waals surface area contributed by atoms with E-state index >= 15 is 0 Å². The third-order valence-corrected chi connectivity index (χ3v) is 4.28. The molecule has 0 aliphatic carbocycles. The van der Waals surface area contributed by atoms with E-state index in [1.165, 1.54) is 0 Å². The summed E-state index contributed by atoms with van der Waals surface area (Å²) in [5.41, 5.74) is 2.63. The number of aryl methyl sites for hydroxylation is 1. The second-order valence-corrected chi connectivity index (χ2v) is 7.51. The second kappa shape index (κ2) is 10.1. The van der Waals surface area contributed by atoms with Crippen LogP contribution in [0.4, 0.5) is 5.69 Å². The zero-order valence-corrected chi connectivity index (χ0v) is 17.4. The first kappa shape index (κ1) is 21.0. The first-order valence-corrected chi connectivity index (χ1v) is 9.71. The highest BCUT2D eigenvalue weighted by Gasteiger charge is 2.08. The Kier molecular flexibility index (Phi) is 7.85. The third kappa shape index (κ3) is 7.43. The van der Waals surface area contributed by atoms with Crippen molar-refractivity contribution in [1.29, 1.82) is 0 Å². The highest BCUT2D eigenvalue weighted by atomic mass is 79.9. The number of ether oxygens (including phenoxy) is 1. The quantitative estimate of drug-likeness (QED) is 0.655. The lowest BCUT2D eigenvalue weighted by molar-refractivity contribution is -0.120. The summed E-state index contributed by atoms with van der Waals surface area (Å²) in [7, 11) is 0. The van der Waals surface area contributed by atoms with Crippen molar-refractivity contribution in [2.75, 3.05) is 11.9 Å². The summed E-state index contributed by atoms with van der Waals surface area (Å²) >= 11 is 3.39. The molecule has 0 aliphatic heterocycles. The van der Waals surface area contributed by atoms with E-state index in [1.54, 1.807) is 0 Å². The van der Waals surface area contributed by atoms with E-state index in [1.807, 2.05) is 63.2 Å². The highest BCUT2D eigenvalue weighted by molar-refractivity contribution is 9.10. The lowest BCUT2D eigenvalue weighted by Crippen LogP contribution is -2.29. The minimum absolute atomic E-state index is 0.0847. The number of hydrogen-bond acceptors (Lipinski definition) is 3. The van der Waals surface area contributed by atoms with E-state index in [0.29, 0.717) is 6.54 Å². The molecule has 2 aromatic rings. The van der Waals surface area contributed by atoms with E-state index in [0.717, 1.165) is 27.0 Å². The predicted molar refractivity (Wildman–Crippen MR) is 111 cm³/mol. The number of benzene rings is 2. The van der Waals surface area contributed by atoms with Crippen molar-refractivity contribution >= 4 is 33.4 Å². The first-order chi connectivity index (χ1) is 12.8. The van der Waals surface area contributed by atoms with E-state index in [4.69, 9.17) is 4.74 Å². The van der Waals surface area contributed by atoms with Crippen LogP contribution in [0.3, 0.4) is 0 Å². The first-order valence-electron chi connectivity index (χ1n) is 8.92. The Morgan fingerprint density at radius 1 is 1.11 bits per heavy atom. The molecule has 0 aromatic heterocycles. The number of hydrogen-bond donors (Lipinski definition) is 2. The van der Waals surface area contributed by atoms with Crippen molar-refractivity contribution < 1.29 is 14.3 Å². The van der Waals surface area contributed by atoms with Gasteiger partial charge in [-0.25, -0.2) is 0 Å². The fraction of sp³-hybridized carbons (Fsp3) is 0.333. The van der Waals surface area contributed by atoms with Crippen LogP contribution in [0.15, 0.2) is 46.9 Å². The van der Waals surface area contributed by atoms with E-state index in [-0.39, 0.29) is 30.8 Å². The average molecular weight is 433 g/mol. The molecule has 0 fully saturated rings. The molecule has 0 unspecified atom stereocenters. The van der Waals surface area contributed by atoms with Crippen LogP contribution in [-0.2, 0) is 16.0 Å². The lowest BCUT2D eigenvalue weighted by atomic mass is 10.1. The third-order valence-electron chi connectivity index (χ3n) is 3.78. The van der Waals surface area contributed by atoms with Gasteiger partial charge in [0, 0.05) is 23.1 Å². The van der Waals surface area contributed by atoms with Gasteiger partial charge in [0.05, 0.1) is 12.5 Å². The Morgan fingerprint density at radius 3 is 2.63 bits per heavy atom. The number of carbonyl (C=O) groups excluding carboxylic acids is 2. The van der Waals surface area contributed by atoms with Crippen molar-refractivity contribution in [3.63, 3.8) is 0 Å². The van der Waals surface area contributed by atoms with Gasteiger partial charge in [-0.3, -0.25) is 9.59 Å². The maximum atomic E-state index is 12.1. The molecule has 0 saturated heterocycles. The molecule has 0 bridgehead atoms. The number of carbonyl (C=O) groups is 2. The minimum Gasteiger partial charge on any atom is -0.491 e. The Balaban J connectivity index is 1.77. The Morgan fingerprint density at radius 2 is 1.89 bits per heavy atom. The predicted octanol–water partition coefficient (Wildman–Crippen LogP) is 4.23. The van der Waals surface area contributed by atoms with E-state index < -0.39 is 0 Å². The van der Waals surface area contributed by atoms with Crippen molar-refractivity contribution in [1.82, 2.24) is 5.32 Å². The molecule has 2 rings (SSSR count). The van der Waals surface area contributed by atoms with Crippen LogP contribution in [0.1, 0.15) is 31.4 Å². The van der Waals surface area contributed by atoms with Crippen LogP contribution < -0.4 is 15.4 Å². The fourth-order valence-electron chi connectivity index (χ4n) is 2.51. The van der Waals surface area contributed by atoms with Gasteiger partial charge in [-0.1, -0.05) is 34.1 Å². The van der Waals surface area contributed by atoms with Gasteiger partial charge in [-0.15, -0.1) is 0 Å². The zero-order chi connectivity index (χ0) is 19.8. The van der Waals surface area contributed by atoms with Gasteiger partial charge in [-0.2, -0.15) is 0 Å². The molecule has 144 valence electrons. The second-order valence-electron chi connectivity index (χ2n) is 6.60. The summed E-state index contributed by atoms with van der Waals surface area (Å²) in [6.07, 6.45) is 0.553. The van der Waals surface area contributed by atoms with Crippen LogP contribution in [0.25, 0.3) is 0 Å². The molecule has 27 heavy (non-hydrogen) atoms. The molecular weight excluding hydrogens is 408 g/mol. The maximum Gasteiger partial charge on any atom is 0.226 e. The van der Waals surface area contributed by atoms with Crippen molar-refractivity contribution in [3.05, 3.63) is 58.1 Å².